The number of hydrogen-bond acceptors (Lipinski definition) is 2. The Kier molecular flexibility index (Phi) is 6.44. The van der Waals surface area contributed by atoms with Gasteiger partial charge in [0.2, 0.25) is 0 Å². The summed E-state index contributed by atoms with van der Waals surface area (Å²) in [6, 6.07) is 1.91. The molecule has 1 heterocycles. The van der Waals surface area contributed by atoms with Crippen molar-refractivity contribution in [2.75, 3.05) is 12.5 Å². The molecule has 0 aliphatic rings. The average molecular weight is 238 g/mol. The maximum atomic E-state index is 5.54. The van der Waals surface area contributed by atoms with Crippen molar-refractivity contribution in [1.29, 1.82) is 0 Å². The van der Waals surface area contributed by atoms with E-state index in [1.807, 2.05) is 6.07 Å². The summed E-state index contributed by atoms with van der Waals surface area (Å²) in [7, 11) is 0. The molecule has 0 amide bonds. The first kappa shape index (κ1) is 12.9. The Hall–Kier alpha value is -1.20. The van der Waals surface area contributed by atoms with Gasteiger partial charge in [0.25, 0.3) is 0 Å². The van der Waals surface area contributed by atoms with Gasteiger partial charge in [-0.05, 0) is 12.5 Å². The minimum Gasteiger partial charge on any atom is -0.492 e. The fourth-order valence-electron chi connectivity index (χ4n) is 1.11. The first-order valence-corrected chi connectivity index (χ1v) is 6.03. The number of unbranched alkanes of at least 4 members (excludes halogenated alkanes) is 1. The van der Waals surface area contributed by atoms with Crippen molar-refractivity contribution in [3.8, 4) is 17.6 Å². The van der Waals surface area contributed by atoms with Gasteiger partial charge in [-0.25, -0.2) is 0 Å². The largest absolute Gasteiger partial charge is 0.492 e. The minimum absolute atomic E-state index is 0.563. The number of rotatable bonds is 5. The quantitative estimate of drug-likeness (QED) is 0.446. The lowest BCUT2D eigenvalue weighted by atomic mass is 10.2. The van der Waals surface area contributed by atoms with Crippen LogP contribution in [0.15, 0.2) is 18.5 Å². The van der Waals surface area contributed by atoms with E-state index in [9.17, 15) is 0 Å². The Morgan fingerprint density at radius 1 is 1.44 bits per heavy atom. The van der Waals surface area contributed by atoms with Crippen LogP contribution in [0.25, 0.3) is 0 Å². The van der Waals surface area contributed by atoms with Gasteiger partial charge in [-0.1, -0.05) is 25.2 Å². The summed E-state index contributed by atoms with van der Waals surface area (Å²) >= 11 is 5.54. The van der Waals surface area contributed by atoms with Crippen molar-refractivity contribution in [3.63, 3.8) is 0 Å². The highest BCUT2D eigenvalue weighted by molar-refractivity contribution is 6.18. The van der Waals surface area contributed by atoms with Gasteiger partial charge in [0.1, 0.15) is 5.75 Å². The number of alkyl halides is 1. The highest BCUT2D eigenvalue weighted by atomic mass is 35.5. The first-order chi connectivity index (χ1) is 7.86. The molecule has 86 valence electrons. The predicted octanol–water partition coefficient (Wildman–Crippen LogP) is 3.24. The predicted molar refractivity (Wildman–Crippen MR) is 66.9 cm³/mol. The molecule has 16 heavy (non-hydrogen) atoms. The number of ether oxygens (including phenoxy) is 1. The van der Waals surface area contributed by atoms with Crippen LogP contribution < -0.4 is 4.74 Å². The molecule has 2 nitrogen and oxygen atoms in total. The van der Waals surface area contributed by atoms with Crippen molar-refractivity contribution >= 4 is 11.6 Å². The maximum absolute atomic E-state index is 5.54. The standard InChI is InChI=1S/C13H16ClNO/c1-2-3-8-16-13-9-12(10-15-11-13)6-4-5-7-14/h9-11H,2-3,5,7-8H2,1H3. The van der Waals surface area contributed by atoms with Crippen molar-refractivity contribution in [3.05, 3.63) is 24.0 Å². The van der Waals surface area contributed by atoms with E-state index in [2.05, 4.69) is 23.7 Å². The molecule has 0 aliphatic heterocycles. The Morgan fingerprint density at radius 2 is 2.31 bits per heavy atom. The molecular weight excluding hydrogens is 222 g/mol. The summed E-state index contributed by atoms with van der Waals surface area (Å²) < 4.78 is 5.54. The van der Waals surface area contributed by atoms with Gasteiger partial charge in [-0.15, -0.1) is 11.6 Å². The molecule has 1 aromatic rings. The zero-order chi connectivity index (χ0) is 11.6. The van der Waals surface area contributed by atoms with Crippen LogP contribution in [0.2, 0.25) is 0 Å². The third-order valence-corrected chi connectivity index (χ3v) is 2.12. The maximum Gasteiger partial charge on any atom is 0.138 e. The lowest BCUT2D eigenvalue weighted by molar-refractivity contribution is 0.308. The van der Waals surface area contributed by atoms with Crippen LogP contribution in [-0.2, 0) is 0 Å². The molecule has 1 rings (SSSR count). The van der Waals surface area contributed by atoms with Gasteiger partial charge in [0.15, 0.2) is 0 Å². The van der Waals surface area contributed by atoms with Gasteiger partial charge >= 0.3 is 0 Å². The normalized spacial score (nSPS) is 9.38. The smallest absolute Gasteiger partial charge is 0.138 e. The summed E-state index contributed by atoms with van der Waals surface area (Å²) in [5.41, 5.74) is 0.874. The number of aromatic nitrogens is 1. The van der Waals surface area contributed by atoms with Crippen molar-refractivity contribution in [1.82, 2.24) is 4.98 Å². The van der Waals surface area contributed by atoms with Gasteiger partial charge in [-0.2, -0.15) is 0 Å². The molecule has 0 saturated heterocycles. The summed E-state index contributed by atoms with van der Waals surface area (Å²) in [5, 5.41) is 0. The van der Waals surface area contributed by atoms with E-state index in [1.165, 1.54) is 0 Å². The zero-order valence-corrected chi connectivity index (χ0v) is 10.3. The summed E-state index contributed by atoms with van der Waals surface area (Å²) in [5.74, 6) is 7.31. The zero-order valence-electron chi connectivity index (χ0n) is 9.50. The van der Waals surface area contributed by atoms with Crippen LogP contribution >= 0.6 is 11.6 Å². The van der Waals surface area contributed by atoms with E-state index in [1.54, 1.807) is 12.4 Å². The van der Waals surface area contributed by atoms with E-state index in [0.29, 0.717) is 12.3 Å². The molecule has 0 spiro atoms. The van der Waals surface area contributed by atoms with Crippen LogP contribution in [0.1, 0.15) is 31.7 Å². The summed E-state index contributed by atoms with van der Waals surface area (Å²) in [6.07, 6.45) is 6.32. The highest BCUT2D eigenvalue weighted by Crippen LogP contribution is 2.10. The molecule has 0 radical (unpaired) electrons. The van der Waals surface area contributed by atoms with E-state index in [-0.39, 0.29) is 0 Å². The van der Waals surface area contributed by atoms with Crippen LogP contribution in [0.5, 0.6) is 5.75 Å². The molecule has 0 N–H and O–H groups in total. The van der Waals surface area contributed by atoms with Gasteiger partial charge < -0.3 is 4.74 Å². The molecule has 1 aromatic heterocycles. The van der Waals surface area contributed by atoms with Crippen LogP contribution in [0, 0.1) is 11.8 Å². The molecule has 0 unspecified atom stereocenters. The van der Waals surface area contributed by atoms with Crippen molar-refractivity contribution < 1.29 is 4.74 Å². The second-order valence-corrected chi connectivity index (χ2v) is 3.73. The molecule has 0 atom stereocenters. The highest BCUT2D eigenvalue weighted by Gasteiger charge is 1.95. The summed E-state index contributed by atoms with van der Waals surface area (Å²) in [4.78, 5) is 4.08. The topological polar surface area (TPSA) is 22.1 Å². The van der Waals surface area contributed by atoms with E-state index >= 15 is 0 Å². The van der Waals surface area contributed by atoms with Crippen molar-refractivity contribution in [2.24, 2.45) is 0 Å². The molecule has 3 heteroatoms. The Labute approximate surface area is 102 Å². The number of nitrogens with zero attached hydrogens (tertiary/aromatic N) is 1. The van der Waals surface area contributed by atoms with Gasteiger partial charge in [0.05, 0.1) is 12.8 Å². The van der Waals surface area contributed by atoms with E-state index < -0.39 is 0 Å². The summed E-state index contributed by atoms with van der Waals surface area (Å²) in [6.45, 7) is 2.87. The third-order valence-electron chi connectivity index (χ3n) is 1.93. The van der Waals surface area contributed by atoms with Crippen LogP contribution in [0.4, 0.5) is 0 Å². The molecular formula is C13H16ClNO. The SMILES string of the molecule is CCCCOc1cncc(C#CCCCl)c1. The second-order valence-electron chi connectivity index (χ2n) is 3.35. The Bertz CT molecular complexity index is 368. The monoisotopic (exact) mass is 237 g/mol. The van der Waals surface area contributed by atoms with Crippen molar-refractivity contribution in [2.45, 2.75) is 26.2 Å². The second kappa shape index (κ2) is 8.01. The lowest BCUT2D eigenvalue weighted by Gasteiger charge is -2.04. The number of pyridine rings is 1. The molecule has 0 bridgehead atoms. The van der Waals surface area contributed by atoms with E-state index in [0.717, 1.165) is 30.8 Å². The molecule has 0 aliphatic carbocycles. The Balaban J connectivity index is 2.54. The first-order valence-electron chi connectivity index (χ1n) is 5.49. The van der Waals surface area contributed by atoms with Crippen LogP contribution in [0.3, 0.4) is 0 Å². The third kappa shape index (κ3) is 5.04. The van der Waals surface area contributed by atoms with E-state index in [4.69, 9.17) is 16.3 Å². The van der Waals surface area contributed by atoms with Gasteiger partial charge in [0, 0.05) is 24.1 Å². The van der Waals surface area contributed by atoms with Gasteiger partial charge in [-0.3, -0.25) is 4.98 Å². The average Bonchev–Trinajstić information content (AvgIpc) is 2.30. The lowest BCUT2D eigenvalue weighted by Crippen LogP contribution is -1.97. The molecule has 0 saturated carbocycles. The minimum atomic E-state index is 0.563. The van der Waals surface area contributed by atoms with Crippen LogP contribution in [-0.4, -0.2) is 17.5 Å². The number of halogens is 1. The Morgan fingerprint density at radius 3 is 3.06 bits per heavy atom. The molecule has 0 fully saturated rings. The fraction of sp³-hybridized carbons (Fsp3) is 0.462. The fourth-order valence-corrected chi connectivity index (χ4v) is 1.21. The number of hydrogen-bond donors (Lipinski definition) is 0. The molecule has 0 aromatic carbocycles.